The van der Waals surface area contributed by atoms with Crippen molar-refractivity contribution < 1.29 is 14.3 Å². The molecule has 5 heteroatoms. The van der Waals surface area contributed by atoms with E-state index < -0.39 is 0 Å². The molecule has 0 bridgehead atoms. The molecule has 1 unspecified atom stereocenters. The van der Waals surface area contributed by atoms with E-state index in [9.17, 15) is 4.79 Å². The third-order valence-corrected chi connectivity index (χ3v) is 4.84. The molecule has 0 aromatic heterocycles. The van der Waals surface area contributed by atoms with Crippen molar-refractivity contribution in [1.29, 1.82) is 0 Å². The van der Waals surface area contributed by atoms with Crippen LogP contribution in [-0.4, -0.2) is 68.8 Å². The number of carbonyl (C=O) groups is 1. The van der Waals surface area contributed by atoms with Gasteiger partial charge in [0.15, 0.2) is 0 Å². The minimum absolute atomic E-state index is 0.0969. The lowest BCUT2D eigenvalue weighted by Crippen LogP contribution is -2.38. The summed E-state index contributed by atoms with van der Waals surface area (Å²) in [5.74, 6) is 0.866. The van der Waals surface area contributed by atoms with Gasteiger partial charge in [0.05, 0.1) is 7.11 Å². The Labute approximate surface area is 145 Å². The Morgan fingerprint density at radius 2 is 2.00 bits per heavy atom. The predicted octanol–water partition coefficient (Wildman–Crippen LogP) is 2.58. The van der Waals surface area contributed by atoms with Crippen molar-refractivity contribution in [1.82, 2.24) is 9.80 Å². The molecule has 1 amide bonds. The summed E-state index contributed by atoms with van der Waals surface area (Å²) >= 11 is 0. The zero-order chi connectivity index (χ0) is 17.5. The van der Waals surface area contributed by atoms with Crippen molar-refractivity contribution in [3.8, 4) is 5.75 Å². The van der Waals surface area contributed by atoms with Crippen LogP contribution in [0.2, 0.25) is 0 Å². The second-order valence-electron chi connectivity index (χ2n) is 6.50. The third-order valence-electron chi connectivity index (χ3n) is 4.84. The zero-order valence-electron chi connectivity index (χ0n) is 15.4. The molecule has 24 heavy (non-hydrogen) atoms. The summed E-state index contributed by atoms with van der Waals surface area (Å²) < 4.78 is 10.5. The van der Waals surface area contributed by atoms with Crippen molar-refractivity contribution in [2.75, 3.05) is 47.0 Å². The second-order valence-corrected chi connectivity index (χ2v) is 6.50. The molecular weight excluding hydrogens is 304 g/mol. The van der Waals surface area contributed by atoms with E-state index in [1.165, 1.54) is 0 Å². The number of amides is 1. The van der Waals surface area contributed by atoms with Gasteiger partial charge in [0, 0.05) is 51.5 Å². The smallest absolute Gasteiger partial charge is 0.254 e. The highest BCUT2D eigenvalue weighted by atomic mass is 16.5. The molecule has 1 atom stereocenters. The van der Waals surface area contributed by atoms with Crippen LogP contribution in [0.4, 0.5) is 0 Å². The Balaban J connectivity index is 1.99. The average Bonchev–Trinajstić information content (AvgIpc) is 2.85. The van der Waals surface area contributed by atoms with Crippen molar-refractivity contribution >= 4 is 5.91 Å². The quantitative estimate of drug-likeness (QED) is 0.802. The van der Waals surface area contributed by atoms with Crippen LogP contribution in [0.25, 0.3) is 0 Å². The maximum atomic E-state index is 12.8. The molecule has 0 radical (unpaired) electrons. The van der Waals surface area contributed by atoms with Crippen LogP contribution in [0, 0.1) is 6.92 Å². The lowest BCUT2D eigenvalue weighted by molar-refractivity contribution is 0.0755. The molecule has 2 rings (SSSR count). The van der Waals surface area contributed by atoms with Crippen molar-refractivity contribution in [2.24, 2.45) is 0 Å². The Bertz CT molecular complexity index is 547. The van der Waals surface area contributed by atoms with Crippen LogP contribution in [0.1, 0.15) is 35.7 Å². The molecule has 1 aromatic carbocycles. The molecule has 1 heterocycles. The van der Waals surface area contributed by atoms with E-state index in [1.807, 2.05) is 30.0 Å². The molecule has 5 nitrogen and oxygen atoms in total. The molecule has 1 saturated heterocycles. The van der Waals surface area contributed by atoms with Crippen LogP contribution in [0.5, 0.6) is 5.75 Å². The first-order chi connectivity index (χ1) is 11.6. The fourth-order valence-electron chi connectivity index (χ4n) is 3.19. The van der Waals surface area contributed by atoms with Crippen molar-refractivity contribution in [3.63, 3.8) is 0 Å². The Kier molecular flexibility index (Phi) is 7.06. The minimum atomic E-state index is 0.0969. The second kappa shape index (κ2) is 9.04. The largest absolute Gasteiger partial charge is 0.496 e. The van der Waals surface area contributed by atoms with E-state index in [1.54, 1.807) is 14.2 Å². The maximum Gasteiger partial charge on any atom is 0.254 e. The van der Waals surface area contributed by atoms with E-state index in [0.717, 1.165) is 56.9 Å². The first kappa shape index (κ1) is 18.7. The number of ether oxygens (including phenoxy) is 2. The molecule has 1 aromatic rings. The topological polar surface area (TPSA) is 42.0 Å². The Morgan fingerprint density at radius 1 is 1.21 bits per heavy atom. The number of rotatable bonds is 6. The monoisotopic (exact) mass is 334 g/mol. The van der Waals surface area contributed by atoms with E-state index in [2.05, 4.69) is 11.8 Å². The summed E-state index contributed by atoms with van der Waals surface area (Å²) in [7, 11) is 3.38. The lowest BCUT2D eigenvalue weighted by Gasteiger charge is -2.27. The van der Waals surface area contributed by atoms with Crippen molar-refractivity contribution in [2.45, 2.75) is 32.7 Å². The summed E-state index contributed by atoms with van der Waals surface area (Å²) in [6.07, 6.45) is 2.03. The van der Waals surface area contributed by atoms with Crippen LogP contribution < -0.4 is 4.74 Å². The summed E-state index contributed by atoms with van der Waals surface area (Å²) in [6, 6.07) is 6.17. The van der Waals surface area contributed by atoms with Gasteiger partial charge in [-0.1, -0.05) is 6.07 Å². The molecule has 1 aliphatic rings. The molecule has 0 aliphatic carbocycles. The molecule has 0 spiro atoms. The zero-order valence-corrected chi connectivity index (χ0v) is 15.4. The molecule has 1 aliphatic heterocycles. The first-order valence-electron chi connectivity index (χ1n) is 8.73. The number of benzene rings is 1. The van der Waals surface area contributed by atoms with Gasteiger partial charge in [-0.2, -0.15) is 0 Å². The molecule has 1 fully saturated rings. The van der Waals surface area contributed by atoms with E-state index in [4.69, 9.17) is 9.47 Å². The van der Waals surface area contributed by atoms with Gasteiger partial charge < -0.3 is 14.4 Å². The normalized spacial score (nSPS) is 17.4. The van der Waals surface area contributed by atoms with Gasteiger partial charge in [-0.3, -0.25) is 9.69 Å². The van der Waals surface area contributed by atoms with E-state index in [0.29, 0.717) is 11.6 Å². The molecule has 0 saturated carbocycles. The Morgan fingerprint density at radius 3 is 2.71 bits per heavy atom. The molecular formula is C19H30N2O3. The van der Waals surface area contributed by atoms with Gasteiger partial charge in [-0.25, -0.2) is 0 Å². The molecule has 0 N–H and O–H groups in total. The minimum Gasteiger partial charge on any atom is -0.496 e. The summed E-state index contributed by atoms with van der Waals surface area (Å²) in [4.78, 5) is 17.2. The summed E-state index contributed by atoms with van der Waals surface area (Å²) in [5.41, 5.74) is 1.75. The number of methoxy groups -OCH3 is 2. The summed E-state index contributed by atoms with van der Waals surface area (Å²) in [5, 5.41) is 0. The van der Waals surface area contributed by atoms with E-state index in [-0.39, 0.29) is 5.91 Å². The number of hydrogen-bond donors (Lipinski definition) is 0. The highest BCUT2D eigenvalue weighted by Crippen LogP contribution is 2.21. The number of hydrogen-bond acceptors (Lipinski definition) is 4. The van der Waals surface area contributed by atoms with Gasteiger partial charge in [-0.05, 0) is 44.4 Å². The average molecular weight is 334 g/mol. The van der Waals surface area contributed by atoms with Gasteiger partial charge in [-0.15, -0.1) is 0 Å². The lowest BCUT2D eigenvalue weighted by atomic mass is 10.1. The fourth-order valence-corrected chi connectivity index (χ4v) is 3.19. The van der Waals surface area contributed by atoms with Gasteiger partial charge in [0.1, 0.15) is 5.75 Å². The SMILES string of the molecule is COCCC(C)N1CCCN(C(=O)c2ccc(C)c(OC)c2)CC1. The summed E-state index contributed by atoms with van der Waals surface area (Å²) in [6.45, 7) is 8.53. The predicted molar refractivity (Wildman–Crippen MR) is 95.8 cm³/mol. The fraction of sp³-hybridized carbons (Fsp3) is 0.632. The van der Waals surface area contributed by atoms with Crippen molar-refractivity contribution in [3.05, 3.63) is 29.3 Å². The van der Waals surface area contributed by atoms with Gasteiger partial charge in [0.25, 0.3) is 5.91 Å². The van der Waals surface area contributed by atoms with Gasteiger partial charge in [0.2, 0.25) is 0 Å². The van der Waals surface area contributed by atoms with Crippen LogP contribution in [0.3, 0.4) is 0 Å². The maximum absolute atomic E-state index is 12.8. The highest BCUT2D eigenvalue weighted by molar-refractivity contribution is 5.94. The first-order valence-corrected chi connectivity index (χ1v) is 8.73. The van der Waals surface area contributed by atoms with Gasteiger partial charge >= 0.3 is 0 Å². The van der Waals surface area contributed by atoms with Crippen LogP contribution >= 0.6 is 0 Å². The highest BCUT2D eigenvalue weighted by Gasteiger charge is 2.23. The van der Waals surface area contributed by atoms with Crippen LogP contribution in [-0.2, 0) is 4.74 Å². The third kappa shape index (κ3) is 4.71. The van der Waals surface area contributed by atoms with E-state index >= 15 is 0 Å². The standard InChI is InChI=1S/C19H30N2O3/c1-15-6-7-17(14-18(15)24-4)19(22)21-10-5-9-20(11-12-21)16(2)8-13-23-3/h6-7,14,16H,5,8-13H2,1-4H3. The number of aryl methyl sites for hydroxylation is 1. The Hall–Kier alpha value is -1.59. The number of carbonyl (C=O) groups excluding carboxylic acids is 1. The molecule has 134 valence electrons. The number of nitrogens with zero attached hydrogens (tertiary/aromatic N) is 2. The van der Waals surface area contributed by atoms with Crippen LogP contribution in [0.15, 0.2) is 18.2 Å².